The van der Waals surface area contributed by atoms with Gasteiger partial charge in [-0.15, -0.1) is 35.1 Å². The minimum absolute atomic E-state index is 0. The second kappa shape index (κ2) is 8.40. The molecule has 2 N–H and O–H groups in total. The number of fused-ring (bicyclic) bond motifs is 1. The smallest absolute Gasteiger partial charge is 0.261 e. The van der Waals surface area contributed by atoms with Crippen LogP contribution in [0.2, 0.25) is 0 Å². The van der Waals surface area contributed by atoms with E-state index in [9.17, 15) is 4.79 Å². The predicted molar refractivity (Wildman–Crippen MR) is 101 cm³/mol. The van der Waals surface area contributed by atoms with Gasteiger partial charge in [0.2, 0.25) is 0 Å². The number of thiophene rings is 1. The van der Waals surface area contributed by atoms with Crippen molar-refractivity contribution in [1.29, 1.82) is 0 Å². The lowest BCUT2D eigenvalue weighted by Gasteiger charge is -2.02. The lowest BCUT2D eigenvalue weighted by Crippen LogP contribution is -2.25. The molecule has 0 saturated carbocycles. The number of hydrogen-bond donors (Lipinski definition) is 2. The van der Waals surface area contributed by atoms with Gasteiger partial charge in [0.05, 0.1) is 20.0 Å². The summed E-state index contributed by atoms with van der Waals surface area (Å²) < 4.78 is 1.17. The Morgan fingerprint density at radius 2 is 1.96 bits per heavy atom. The van der Waals surface area contributed by atoms with Gasteiger partial charge in [-0.3, -0.25) is 4.79 Å². The maximum atomic E-state index is 12.1. The molecule has 2 aromatic heterocycles. The van der Waals surface area contributed by atoms with E-state index in [0.717, 1.165) is 33.2 Å². The first-order valence-corrected chi connectivity index (χ1v) is 8.80. The van der Waals surface area contributed by atoms with Crippen LogP contribution in [0.1, 0.15) is 16.1 Å². The Labute approximate surface area is 149 Å². The molecular formula is C16H18ClN3OS2. The van der Waals surface area contributed by atoms with Crippen molar-refractivity contribution in [1.82, 2.24) is 15.6 Å². The number of halogens is 1. The molecule has 0 spiro atoms. The Kier molecular flexibility index (Phi) is 6.53. The van der Waals surface area contributed by atoms with Gasteiger partial charge < -0.3 is 10.6 Å². The van der Waals surface area contributed by atoms with Crippen LogP contribution in [0.5, 0.6) is 0 Å². The molecule has 1 amide bonds. The molecule has 4 nitrogen and oxygen atoms in total. The highest BCUT2D eigenvalue weighted by Crippen LogP contribution is 2.34. The Hall–Kier alpha value is -1.47. The zero-order chi connectivity index (χ0) is 15.4. The molecule has 2 heterocycles. The van der Waals surface area contributed by atoms with Gasteiger partial charge in [-0.2, -0.15) is 0 Å². The molecule has 0 aliphatic rings. The zero-order valence-electron chi connectivity index (χ0n) is 12.7. The molecule has 0 radical (unpaired) electrons. The van der Waals surface area contributed by atoms with Crippen molar-refractivity contribution in [3.63, 3.8) is 0 Å². The van der Waals surface area contributed by atoms with Crippen molar-refractivity contribution in [2.24, 2.45) is 0 Å². The van der Waals surface area contributed by atoms with E-state index >= 15 is 0 Å². The highest BCUT2D eigenvalue weighted by Gasteiger charge is 2.12. The number of amides is 1. The van der Waals surface area contributed by atoms with Crippen LogP contribution in [0.25, 0.3) is 20.1 Å². The maximum Gasteiger partial charge on any atom is 0.261 e. The second-order valence-corrected chi connectivity index (χ2v) is 6.98. The first-order chi connectivity index (χ1) is 10.8. The van der Waals surface area contributed by atoms with E-state index in [1.807, 2.05) is 37.4 Å². The molecule has 23 heavy (non-hydrogen) atoms. The van der Waals surface area contributed by atoms with Crippen LogP contribution in [0.15, 0.2) is 36.4 Å². The number of thiazole rings is 1. The highest BCUT2D eigenvalue weighted by molar-refractivity contribution is 7.26. The first-order valence-electron chi connectivity index (χ1n) is 7.16. The summed E-state index contributed by atoms with van der Waals surface area (Å²) in [6, 6.07) is 11.9. The highest BCUT2D eigenvalue weighted by atomic mass is 35.5. The van der Waals surface area contributed by atoms with E-state index in [2.05, 4.69) is 21.7 Å². The number of hydrogen-bond acceptors (Lipinski definition) is 5. The largest absolute Gasteiger partial charge is 0.351 e. The number of nitrogens with zero attached hydrogens (tertiary/aromatic N) is 1. The third-order valence-electron chi connectivity index (χ3n) is 3.22. The minimum atomic E-state index is -0.00605. The average Bonchev–Trinajstić information content (AvgIpc) is 3.17. The van der Waals surface area contributed by atoms with Crippen LogP contribution in [0, 0.1) is 0 Å². The van der Waals surface area contributed by atoms with Gasteiger partial charge in [-0.25, -0.2) is 4.98 Å². The van der Waals surface area contributed by atoms with Gasteiger partial charge in [0.25, 0.3) is 5.91 Å². The first kappa shape index (κ1) is 17.9. The number of para-hydroxylation sites is 1. The normalized spacial score (nSPS) is 10.5. The summed E-state index contributed by atoms with van der Waals surface area (Å²) in [5.41, 5.74) is 1.01. The van der Waals surface area contributed by atoms with Gasteiger partial charge in [0.15, 0.2) is 0 Å². The summed E-state index contributed by atoms with van der Waals surface area (Å²) in [7, 11) is 1.91. The molecule has 0 fully saturated rings. The monoisotopic (exact) mass is 367 g/mol. The van der Waals surface area contributed by atoms with E-state index < -0.39 is 0 Å². The fourth-order valence-corrected chi connectivity index (χ4v) is 4.05. The molecule has 0 aliphatic heterocycles. The van der Waals surface area contributed by atoms with Crippen LogP contribution in [0.4, 0.5) is 0 Å². The van der Waals surface area contributed by atoms with E-state index in [0.29, 0.717) is 6.54 Å². The number of carbonyl (C=O) groups is 1. The average molecular weight is 368 g/mol. The zero-order valence-corrected chi connectivity index (χ0v) is 15.1. The SMILES string of the molecule is CNCCCNC(=O)c1ccc(-c2nc3ccccc3s2)s1.Cl. The summed E-state index contributed by atoms with van der Waals surface area (Å²) in [5, 5.41) is 6.98. The summed E-state index contributed by atoms with van der Waals surface area (Å²) >= 11 is 3.15. The molecule has 3 aromatic rings. The van der Waals surface area contributed by atoms with E-state index in [1.54, 1.807) is 11.3 Å². The third kappa shape index (κ3) is 4.29. The van der Waals surface area contributed by atoms with Gasteiger partial charge in [-0.1, -0.05) is 12.1 Å². The lowest BCUT2D eigenvalue weighted by atomic mass is 10.3. The van der Waals surface area contributed by atoms with Gasteiger partial charge in [-0.05, 0) is 44.3 Å². The molecule has 0 aliphatic carbocycles. The lowest BCUT2D eigenvalue weighted by molar-refractivity contribution is 0.0957. The Balaban J connectivity index is 0.00000192. The van der Waals surface area contributed by atoms with Crippen molar-refractivity contribution in [2.45, 2.75) is 6.42 Å². The molecule has 3 rings (SSSR count). The fourth-order valence-electron chi connectivity index (χ4n) is 2.11. The van der Waals surface area contributed by atoms with Gasteiger partial charge >= 0.3 is 0 Å². The summed E-state index contributed by atoms with van der Waals surface area (Å²) in [4.78, 5) is 18.5. The fraction of sp³-hybridized carbons (Fsp3) is 0.250. The summed E-state index contributed by atoms with van der Waals surface area (Å²) in [5.74, 6) is -0.00605. The van der Waals surface area contributed by atoms with Crippen molar-refractivity contribution in [3.8, 4) is 9.88 Å². The quantitative estimate of drug-likeness (QED) is 0.652. The van der Waals surface area contributed by atoms with E-state index in [4.69, 9.17) is 0 Å². The molecule has 7 heteroatoms. The van der Waals surface area contributed by atoms with Crippen molar-refractivity contribution in [3.05, 3.63) is 41.3 Å². The number of aromatic nitrogens is 1. The standard InChI is InChI=1S/C16H17N3OS2.ClH/c1-17-9-4-10-18-15(20)13-7-8-14(21-13)16-19-11-5-2-3-6-12(11)22-16;/h2-3,5-8,17H,4,9-10H2,1H3,(H,18,20);1H. The van der Waals surface area contributed by atoms with Gasteiger partial charge in [0.1, 0.15) is 5.01 Å². The van der Waals surface area contributed by atoms with Crippen LogP contribution in [-0.4, -0.2) is 31.0 Å². The van der Waals surface area contributed by atoms with E-state index in [-0.39, 0.29) is 18.3 Å². The van der Waals surface area contributed by atoms with Crippen LogP contribution in [0.3, 0.4) is 0 Å². The third-order valence-corrected chi connectivity index (χ3v) is 5.51. The molecule has 122 valence electrons. The molecule has 0 bridgehead atoms. The van der Waals surface area contributed by atoms with Crippen LogP contribution < -0.4 is 10.6 Å². The van der Waals surface area contributed by atoms with Crippen LogP contribution in [-0.2, 0) is 0 Å². The van der Waals surface area contributed by atoms with Crippen LogP contribution >= 0.6 is 35.1 Å². The summed E-state index contributed by atoms with van der Waals surface area (Å²) in [6.45, 7) is 1.59. The number of nitrogens with one attached hydrogen (secondary N) is 2. The molecule has 0 saturated heterocycles. The predicted octanol–water partition coefficient (Wildman–Crippen LogP) is 3.79. The maximum absolute atomic E-state index is 12.1. The number of carbonyl (C=O) groups excluding carboxylic acids is 1. The molecule has 0 atom stereocenters. The van der Waals surface area contributed by atoms with E-state index in [1.165, 1.54) is 16.0 Å². The molecule has 1 aromatic carbocycles. The molecular weight excluding hydrogens is 350 g/mol. The Bertz CT molecular complexity index is 751. The number of benzene rings is 1. The summed E-state index contributed by atoms with van der Waals surface area (Å²) in [6.07, 6.45) is 0.929. The number of rotatable bonds is 6. The molecule has 0 unspecified atom stereocenters. The van der Waals surface area contributed by atoms with Crippen molar-refractivity contribution in [2.75, 3.05) is 20.1 Å². The van der Waals surface area contributed by atoms with Gasteiger partial charge in [0, 0.05) is 6.54 Å². The Morgan fingerprint density at radius 1 is 1.13 bits per heavy atom. The van der Waals surface area contributed by atoms with Crippen molar-refractivity contribution >= 4 is 51.2 Å². The van der Waals surface area contributed by atoms with Crippen molar-refractivity contribution < 1.29 is 4.79 Å². The second-order valence-electron chi connectivity index (χ2n) is 4.86. The minimum Gasteiger partial charge on any atom is -0.351 e. The topological polar surface area (TPSA) is 54.0 Å². The Morgan fingerprint density at radius 3 is 2.74 bits per heavy atom.